The van der Waals surface area contributed by atoms with Gasteiger partial charge in [-0.1, -0.05) is 12.5 Å². The van der Waals surface area contributed by atoms with Crippen LogP contribution in [0.1, 0.15) is 39.0 Å². The van der Waals surface area contributed by atoms with Crippen LogP contribution < -0.4 is 10.6 Å². The number of hydrogen-bond acceptors (Lipinski definition) is 6. The lowest BCUT2D eigenvalue weighted by Crippen LogP contribution is -2.52. The third kappa shape index (κ3) is 4.45. The van der Waals surface area contributed by atoms with E-state index in [1.165, 1.54) is 37.1 Å². The molecule has 6 nitrogen and oxygen atoms in total. The highest BCUT2D eigenvalue weighted by molar-refractivity contribution is 7.16. The fraction of sp³-hybridized carbons (Fsp3) is 0.550. The van der Waals surface area contributed by atoms with Gasteiger partial charge in [-0.15, -0.1) is 22.7 Å². The van der Waals surface area contributed by atoms with Gasteiger partial charge in [-0.25, -0.2) is 4.98 Å². The third-order valence-corrected chi connectivity index (χ3v) is 7.50. The second-order valence-electron chi connectivity index (χ2n) is 7.71. The van der Waals surface area contributed by atoms with Crippen LogP contribution in [0, 0.1) is 5.92 Å². The van der Waals surface area contributed by atoms with Crippen LogP contribution in [-0.2, 0) is 9.59 Å². The molecule has 2 aromatic heterocycles. The minimum Gasteiger partial charge on any atom is -0.345 e. The molecule has 8 heteroatoms. The van der Waals surface area contributed by atoms with Gasteiger partial charge in [0.1, 0.15) is 0 Å². The second-order valence-corrected chi connectivity index (χ2v) is 9.52. The van der Waals surface area contributed by atoms with E-state index in [1.807, 2.05) is 29.8 Å². The molecular weight excluding hydrogens is 392 g/mol. The highest BCUT2D eigenvalue weighted by Crippen LogP contribution is 2.30. The first-order valence-corrected chi connectivity index (χ1v) is 11.7. The lowest BCUT2D eigenvalue weighted by atomic mass is 9.85. The maximum atomic E-state index is 12.4. The van der Waals surface area contributed by atoms with Crippen LogP contribution in [0.5, 0.6) is 0 Å². The van der Waals surface area contributed by atoms with Gasteiger partial charge >= 0.3 is 11.8 Å². The van der Waals surface area contributed by atoms with Gasteiger partial charge in [0.2, 0.25) is 0 Å². The third-order valence-electron chi connectivity index (χ3n) is 5.85. The summed E-state index contributed by atoms with van der Waals surface area (Å²) in [7, 11) is 0. The Morgan fingerprint density at radius 2 is 2.07 bits per heavy atom. The van der Waals surface area contributed by atoms with Crippen molar-refractivity contribution in [2.75, 3.05) is 18.4 Å². The summed E-state index contributed by atoms with van der Waals surface area (Å²) in [6, 6.07) is 4.66. The van der Waals surface area contributed by atoms with Gasteiger partial charge in [0.25, 0.3) is 0 Å². The van der Waals surface area contributed by atoms with Gasteiger partial charge in [-0.3, -0.25) is 14.9 Å². The van der Waals surface area contributed by atoms with E-state index >= 15 is 0 Å². The Balaban J connectivity index is 1.28. The molecule has 2 amide bonds. The normalized spacial score (nSPS) is 21.7. The second kappa shape index (κ2) is 8.71. The summed E-state index contributed by atoms with van der Waals surface area (Å²) in [6.07, 6.45) is 6.21. The summed E-state index contributed by atoms with van der Waals surface area (Å²) < 4.78 is 0. The molecule has 0 spiro atoms. The van der Waals surface area contributed by atoms with Crippen LogP contribution in [0.4, 0.5) is 5.13 Å². The van der Waals surface area contributed by atoms with Gasteiger partial charge in [0, 0.05) is 24.0 Å². The van der Waals surface area contributed by atoms with Gasteiger partial charge < -0.3 is 10.2 Å². The van der Waals surface area contributed by atoms with Crippen molar-refractivity contribution in [3.8, 4) is 10.6 Å². The highest BCUT2D eigenvalue weighted by Gasteiger charge is 2.32. The molecule has 3 heterocycles. The number of thiophene rings is 1. The molecule has 4 rings (SSSR count). The molecule has 2 aromatic rings. The Kier molecular flexibility index (Phi) is 6.08. The number of nitrogens with zero attached hydrogens (tertiary/aromatic N) is 2. The molecule has 0 bridgehead atoms. The average molecular weight is 419 g/mol. The zero-order valence-corrected chi connectivity index (χ0v) is 17.7. The van der Waals surface area contributed by atoms with Crippen molar-refractivity contribution in [3.63, 3.8) is 0 Å². The summed E-state index contributed by atoms with van der Waals surface area (Å²) >= 11 is 2.92. The van der Waals surface area contributed by atoms with Crippen LogP contribution in [0.2, 0.25) is 0 Å². The summed E-state index contributed by atoms with van der Waals surface area (Å²) in [4.78, 5) is 32.7. The molecule has 2 unspecified atom stereocenters. The smallest absolute Gasteiger partial charge is 0.315 e. The quantitative estimate of drug-likeness (QED) is 0.728. The largest absolute Gasteiger partial charge is 0.345 e. The lowest BCUT2D eigenvalue weighted by Gasteiger charge is -2.43. The van der Waals surface area contributed by atoms with Gasteiger partial charge in [0.05, 0.1) is 10.6 Å². The number of likely N-dealkylation sites (tertiary alicyclic amines) is 1. The summed E-state index contributed by atoms with van der Waals surface area (Å²) in [6.45, 7) is 4.20. The number of piperidine rings is 1. The molecule has 0 aromatic carbocycles. The molecular formula is C20H26N4O2S2. The van der Waals surface area contributed by atoms with Crippen molar-refractivity contribution < 1.29 is 9.59 Å². The Hall–Kier alpha value is -1.77. The Bertz CT molecular complexity index is 816. The van der Waals surface area contributed by atoms with E-state index in [4.69, 9.17) is 0 Å². The molecule has 1 saturated carbocycles. The first-order chi connectivity index (χ1) is 13.6. The SMILES string of the molecule is CC(NC(=O)C(=O)Nc1nc(-c2cccs2)cs1)C1CCCN(C2CCC2)C1. The van der Waals surface area contributed by atoms with Crippen molar-refractivity contribution >= 4 is 39.6 Å². The molecule has 2 atom stereocenters. The standard InChI is InChI=1S/C20H26N4O2S2/c1-13(14-5-3-9-24(11-14)15-6-2-7-15)21-18(25)19(26)23-20-22-16(12-28-20)17-8-4-10-27-17/h4,8,10,12-15H,2-3,5-7,9,11H2,1H3,(H,21,25)(H,22,23,26). The van der Waals surface area contributed by atoms with Crippen molar-refractivity contribution in [1.82, 2.24) is 15.2 Å². The van der Waals surface area contributed by atoms with E-state index < -0.39 is 11.8 Å². The molecule has 0 radical (unpaired) electrons. The molecule has 1 aliphatic heterocycles. The number of hydrogen-bond donors (Lipinski definition) is 2. The van der Waals surface area contributed by atoms with E-state index in [2.05, 4.69) is 20.5 Å². The predicted octanol–water partition coefficient (Wildman–Crippen LogP) is 3.58. The maximum absolute atomic E-state index is 12.4. The molecule has 1 aliphatic carbocycles. The Morgan fingerprint density at radius 1 is 1.21 bits per heavy atom. The number of anilines is 1. The van der Waals surface area contributed by atoms with E-state index in [-0.39, 0.29) is 6.04 Å². The fourth-order valence-corrected chi connectivity index (χ4v) is 5.41. The van der Waals surface area contributed by atoms with Crippen molar-refractivity contribution in [3.05, 3.63) is 22.9 Å². The monoisotopic (exact) mass is 418 g/mol. The van der Waals surface area contributed by atoms with Crippen molar-refractivity contribution in [1.29, 1.82) is 0 Å². The van der Waals surface area contributed by atoms with Crippen LogP contribution in [0.15, 0.2) is 22.9 Å². The number of nitrogens with one attached hydrogen (secondary N) is 2. The molecule has 2 fully saturated rings. The van der Waals surface area contributed by atoms with Crippen LogP contribution >= 0.6 is 22.7 Å². The van der Waals surface area contributed by atoms with E-state index in [1.54, 1.807) is 11.3 Å². The minimum atomic E-state index is -0.648. The van der Waals surface area contributed by atoms with Crippen molar-refractivity contribution in [2.24, 2.45) is 5.92 Å². The number of thiazole rings is 1. The fourth-order valence-electron chi connectivity index (χ4n) is 3.94. The maximum Gasteiger partial charge on any atom is 0.315 e. The number of aromatic nitrogens is 1. The first-order valence-electron chi connectivity index (χ1n) is 9.95. The number of rotatable bonds is 5. The van der Waals surface area contributed by atoms with E-state index in [0.717, 1.165) is 36.0 Å². The first kappa shape index (κ1) is 19.5. The average Bonchev–Trinajstić information content (AvgIpc) is 3.32. The summed E-state index contributed by atoms with van der Waals surface area (Å²) in [5.74, 6) is -0.830. The predicted molar refractivity (Wildman–Crippen MR) is 114 cm³/mol. The summed E-state index contributed by atoms with van der Waals surface area (Å²) in [5, 5.41) is 9.85. The highest BCUT2D eigenvalue weighted by atomic mass is 32.1. The lowest BCUT2D eigenvalue weighted by molar-refractivity contribution is -0.136. The van der Waals surface area contributed by atoms with Crippen LogP contribution in [-0.4, -0.2) is 46.9 Å². The van der Waals surface area contributed by atoms with Gasteiger partial charge in [0.15, 0.2) is 5.13 Å². The number of amides is 2. The zero-order chi connectivity index (χ0) is 19.5. The van der Waals surface area contributed by atoms with Crippen LogP contribution in [0.25, 0.3) is 10.6 Å². The van der Waals surface area contributed by atoms with Crippen molar-refractivity contribution in [2.45, 2.75) is 51.1 Å². The molecule has 28 heavy (non-hydrogen) atoms. The van der Waals surface area contributed by atoms with Gasteiger partial charge in [-0.05, 0) is 56.5 Å². The number of carbonyl (C=O) groups is 2. The van der Waals surface area contributed by atoms with E-state index in [0.29, 0.717) is 11.0 Å². The van der Waals surface area contributed by atoms with Crippen LogP contribution in [0.3, 0.4) is 0 Å². The zero-order valence-electron chi connectivity index (χ0n) is 16.0. The molecule has 1 saturated heterocycles. The number of carbonyl (C=O) groups excluding carboxylic acids is 2. The van der Waals surface area contributed by atoms with E-state index in [9.17, 15) is 9.59 Å². The Labute approximate surface area is 173 Å². The molecule has 2 aliphatic rings. The minimum absolute atomic E-state index is 0.0147. The Morgan fingerprint density at radius 3 is 2.79 bits per heavy atom. The van der Waals surface area contributed by atoms with Gasteiger partial charge in [-0.2, -0.15) is 0 Å². The molecule has 150 valence electrons. The molecule has 2 N–H and O–H groups in total. The topological polar surface area (TPSA) is 74.3 Å². The summed E-state index contributed by atoms with van der Waals surface area (Å²) in [5.41, 5.74) is 0.822.